The van der Waals surface area contributed by atoms with E-state index in [0.29, 0.717) is 35.8 Å². The van der Waals surface area contributed by atoms with Gasteiger partial charge in [-0.25, -0.2) is 8.42 Å². The molecule has 0 radical (unpaired) electrons. The molecule has 2 aromatic carbocycles. The first kappa shape index (κ1) is 20.9. The SMILES string of the molecule is COc1cccc(-c2noc(CNC(=O)c3cccc(N4CCCCS4(=O)=O)c3)n2)c1. The number of anilines is 1. The number of amides is 1. The fraction of sp³-hybridized carbons (Fsp3) is 0.286. The molecule has 1 aliphatic rings. The number of sulfonamides is 1. The van der Waals surface area contributed by atoms with Crippen LogP contribution >= 0.6 is 0 Å². The zero-order chi connectivity index (χ0) is 21.8. The number of ether oxygens (including phenoxy) is 1. The van der Waals surface area contributed by atoms with Crippen LogP contribution in [0.3, 0.4) is 0 Å². The third-order valence-corrected chi connectivity index (χ3v) is 6.81. The number of rotatable bonds is 6. The average molecular weight is 442 g/mol. The van der Waals surface area contributed by atoms with E-state index < -0.39 is 10.0 Å². The maximum absolute atomic E-state index is 12.6. The van der Waals surface area contributed by atoms with Crippen LogP contribution in [0.25, 0.3) is 11.4 Å². The molecule has 0 saturated carbocycles. The summed E-state index contributed by atoms with van der Waals surface area (Å²) < 4.78 is 36.4. The van der Waals surface area contributed by atoms with E-state index in [1.807, 2.05) is 18.2 Å². The first-order chi connectivity index (χ1) is 15.0. The molecular formula is C21H22N4O5S. The van der Waals surface area contributed by atoms with E-state index in [0.717, 1.165) is 12.0 Å². The lowest BCUT2D eigenvalue weighted by molar-refractivity contribution is 0.0946. The summed E-state index contributed by atoms with van der Waals surface area (Å²) in [7, 11) is -1.77. The third-order valence-electron chi connectivity index (χ3n) is 4.94. The molecule has 31 heavy (non-hydrogen) atoms. The Morgan fingerprint density at radius 2 is 2.03 bits per heavy atom. The first-order valence-electron chi connectivity index (χ1n) is 9.82. The molecule has 1 aromatic heterocycles. The molecule has 1 N–H and O–H groups in total. The van der Waals surface area contributed by atoms with E-state index in [4.69, 9.17) is 9.26 Å². The van der Waals surface area contributed by atoms with Gasteiger partial charge in [0.2, 0.25) is 21.7 Å². The van der Waals surface area contributed by atoms with Crippen molar-refractivity contribution in [2.75, 3.05) is 23.7 Å². The Morgan fingerprint density at radius 1 is 1.19 bits per heavy atom. The Bertz CT molecular complexity index is 1190. The number of hydrogen-bond donors (Lipinski definition) is 1. The molecule has 0 bridgehead atoms. The molecule has 9 nitrogen and oxygen atoms in total. The zero-order valence-electron chi connectivity index (χ0n) is 16.9. The molecule has 0 atom stereocenters. The number of hydrogen-bond acceptors (Lipinski definition) is 7. The highest BCUT2D eigenvalue weighted by Crippen LogP contribution is 2.24. The molecule has 4 rings (SSSR count). The molecule has 1 fully saturated rings. The smallest absolute Gasteiger partial charge is 0.251 e. The minimum Gasteiger partial charge on any atom is -0.497 e. The number of benzene rings is 2. The fourth-order valence-corrected chi connectivity index (χ4v) is 4.98. The minimum atomic E-state index is -3.34. The van der Waals surface area contributed by atoms with Crippen molar-refractivity contribution in [1.82, 2.24) is 15.5 Å². The summed E-state index contributed by atoms with van der Waals surface area (Å²) >= 11 is 0. The van der Waals surface area contributed by atoms with Crippen molar-refractivity contribution < 1.29 is 22.5 Å². The number of nitrogens with one attached hydrogen (secondary N) is 1. The van der Waals surface area contributed by atoms with Gasteiger partial charge in [-0.2, -0.15) is 4.98 Å². The van der Waals surface area contributed by atoms with Crippen molar-refractivity contribution in [1.29, 1.82) is 0 Å². The van der Waals surface area contributed by atoms with Gasteiger partial charge in [0.05, 0.1) is 25.1 Å². The van der Waals surface area contributed by atoms with Gasteiger partial charge in [0.25, 0.3) is 5.91 Å². The van der Waals surface area contributed by atoms with Crippen LogP contribution in [0.15, 0.2) is 53.1 Å². The van der Waals surface area contributed by atoms with Crippen LogP contribution in [-0.4, -0.2) is 43.9 Å². The molecule has 162 valence electrons. The summed E-state index contributed by atoms with van der Waals surface area (Å²) in [5.41, 5.74) is 1.58. The van der Waals surface area contributed by atoms with Crippen LogP contribution in [0, 0.1) is 0 Å². The molecule has 1 saturated heterocycles. The lowest BCUT2D eigenvalue weighted by Crippen LogP contribution is -2.38. The van der Waals surface area contributed by atoms with Gasteiger partial charge in [-0.05, 0) is 43.2 Å². The van der Waals surface area contributed by atoms with Crippen LogP contribution in [0.1, 0.15) is 29.1 Å². The van der Waals surface area contributed by atoms with Gasteiger partial charge in [0.15, 0.2) is 0 Å². The Labute approximate surface area is 180 Å². The fourth-order valence-electron chi connectivity index (χ4n) is 3.35. The second kappa shape index (κ2) is 8.76. The van der Waals surface area contributed by atoms with Gasteiger partial charge in [0, 0.05) is 17.7 Å². The summed E-state index contributed by atoms with van der Waals surface area (Å²) in [5, 5.41) is 6.66. The molecule has 1 aliphatic heterocycles. The average Bonchev–Trinajstić information content (AvgIpc) is 3.26. The van der Waals surface area contributed by atoms with Crippen molar-refractivity contribution in [2.24, 2.45) is 0 Å². The maximum atomic E-state index is 12.6. The second-order valence-corrected chi connectivity index (χ2v) is 9.08. The summed E-state index contributed by atoms with van der Waals surface area (Å²) in [6.45, 7) is 0.463. The third kappa shape index (κ3) is 4.69. The normalized spacial score (nSPS) is 15.5. The monoisotopic (exact) mass is 442 g/mol. The summed E-state index contributed by atoms with van der Waals surface area (Å²) in [6.07, 6.45) is 1.45. The van der Waals surface area contributed by atoms with Crippen molar-refractivity contribution in [2.45, 2.75) is 19.4 Å². The molecule has 2 heterocycles. The highest BCUT2D eigenvalue weighted by molar-refractivity contribution is 7.92. The maximum Gasteiger partial charge on any atom is 0.251 e. The van der Waals surface area contributed by atoms with E-state index in [9.17, 15) is 13.2 Å². The number of carbonyl (C=O) groups is 1. The topological polar surface area (TPSA) is 115 Å². The van der Waals surface area contributed by atoms with E-state index >= 15 is 0 Å². The van der Waals surface area contributed by atoms with Crippen LogP contribution in [0.4, 0.5) is 5.69 Å². The summed E-state index contributed by atoms with van der Waals surface area (Å²) in [6, 6.07) is 13.8. The number of carbonyl (C=O) groups excluding carboxylic acids is 1. The van der Waals surface area contributed by atoms with Crippen LogP contribution in [0.5, 0.6) is 5.75 Å². The van der Waals surface area contributed by atoms with Crippen molar-refractivity contribution in [3.63, 3.8) is 0 Å². The lowest BCUT2D eigenvalue weighted by Gasteiger charge is -2.28. The van der Waals surface area contributed by atoms with Crippen molar-refractivity contribution in [3.05, 3.63) is 60.0 Å². The standard InChI is InChI=1S/C21H22N4O5S/c1-29-18-9-5-6-15(13-18)20-23-19(30-24-20)14-22-21(26)16-7-4-8-17(12-16)25-10-2-3-11-31(25,27)28/h4-9,12-13H,2-3,10-11,14H2,1H3,(H,22,26). The van der Waals surface area contributed by atoms with Crippen molar-refractivity contribution >= 4 is 21.6 Å². The summed E-state index contributed by atoms with van der Waals surface area (Å²) in [4.78, 5) is 16.9. The molecule has 3 aromatic rings. The molecule has 0 aliphatic carbocycles. The van der Waals surface area contributed by atoms with E-state index in [1.54, 1.807) is 37.4 Å². The predicted molar refractivity (Wildman–Crippen MR) is 114 cm³/mol. The lowest BCUT2D eigenvalue weighted by atomic mass is 10.2. The molecule has 1 amide bonds. The number of nitrogens with zero attached hydrogens (tertiary/aromatic N) is 3. The largest absolute Gasteiger partial charge is 0.497 e. The van der Waals surface area contributed by atoms with E-state index in [-0.39, 0.29) is 24.1 Å². The second-order valence-electron chi connectivity index (χ2n) is 7.07. The predicted octanol–water partition coefficient (Wildman–Crippen LogP) is 2.61. The van der Waals surface area contributed by atoms with Crippen LogP contribution in [0.2, 0.25) is 0 Å². The number of aromatic nitrogens is 2. The zero-order valence-corrected chi connectivity index (χ0v) is 17.8. The van der Waals surface area contributed by atoms with E-state index in [2.05, 4.69) is 15.5 Å². The van der Waals surface area contributed by atoms with Gasteiger partial charge in [-0.1, -0.05) is 23.4 Å². The van der Waals surface area contributed by atoms with Gasteiger partial charge in [0.1, 0.15) is 5.75 Å². The highest BCUT2D eigenvalue weighted by Gasteiger charge is 2.26. The molecule has 10 heteroatoms. The Kier molecular flexibility index (Phi) is 5.90. The number of methoxy groups -OCH3 is 1. The van der Waals surface area contributed by atoms with Gasteiger partial charge in [-0.15, -0.1) is 0 Å². The van der Waals surface area contributed by atoms with E-state index in [1.165, 1.54) is 4.31 Å². The van der Waals surface area contributed by atoms with Crippen LogP contribution < -0.4 is 14.4 Å². The Hall–Kier alpha value is -3.40. The highest BCUT2D eigenvalue weighted by atomic mass is 32.2. The summed E-state index contributed by atoms with van der Waals surface area (Å²) in [5.74, 6) is 1.07. The van der Waals surface area contributed by atoms with Gasteiger partial charge < -0.3 is 14.6 Å². The Morgan fingerprint density at radius 3 is 2.84 bits per heavy atom. The van der Waals surface area contributed by atoms with Crippen LogP contribution in [-0.2, 0) is 16.6 Å². The Balaban J connectivity index is 1.43. The molecule has 0 spiro atoms. The van der Waals surface area contributed by atoms with Crippen molar-refractivity contribution in [3.8, 4) is 17.1 Å². The first-order valence-corrected chi connectivity index (χ1v) is 11.4. The molecular weight excluding hydrogens is 420 g/mol. The van der Waals surface area contributed by atoms with Gasteiger partial charge in [-0.3, -0.25) is 9.10 Å². The molecule has 0 unspecified atom stereocenters. The minimum absolute atomic E-state index is 0.0437. The van der Waals surface area contributed by atoms with Gasteiger partial charge >= 0.3 is 0 Å². The quantitative estimate of drug-likeness (QED) is 0.624.